The number of urea groups is 1. The second-order valence-corrected chi connectivity index (χ2v) is 7.04. The van der Waals surface area contributed by atoms with Crippen molar-refractivity contribution in [1.82, 2.24) is 20.2 Å². The predicted octanol–water partition coefficient (Wildman–Crippen LogP) is 0.855. The van der Waals surface area contributed by atoms with Gasteiger partial charge >= 0.3 is 6.03 Å². The number of rotatable bonds is 3. The lowest BCUT2D eigenvalue weighted by atomic mass is 10.1. The van der Waals surface area contributed by atoms with E-state index < -0.39 is 0 Å². The quantitative estimate of drug-likeness (QED) is 0.873. The van der Waals surface area contributed by atoms with Crippen molar-refractivity contribution in [3.63, 3.8) is 0 Å². The maximum absolute atomic E-state index is 12.4. The van der Waals surface area contributed by atoms with Crippen molar-refractivity contribution in [2.75, 3.05) is 56.7 Å². The number of nitrogens with zero attached hydrogens (tertiary/aromatic N) is 5. The van der Waals surface area contributed by atoms with Crippen LogP contribution in [0.25, 0.3) is 0 Å². The van der Waals surface area contributed by atoms with E-state index in [0.29, 0.717) is 26.3 Å². The summed E-state index contributed by atoms with van der Waals surface area (Å²) in [6.45, 7) is 8.21. The minimum Gasteiger partial charge on any atom is -0.378 e. The van der Waals surface area contributed by atoms with Crippen LogP contribution in [0.3, 0.4) is 0 Å². The molecular formula is C17H28N6O2. The number of hydrogen-bond acceptors (Lipinski definition) is 6. The van der Waals surface area contributed by atoms with Gasteiger partial charge in [-0.1, -0.05) is 0 Å². The molecule has 8 heteroatoms. The smallest absolute Gasteiger partial charge is 0.317 e. The third kappa shape index (κ3) is 3.95. The highest BCUT2D eigenvalue weighted by Gasteiger charge is 2.27. The fourth-order valence-electron chi connectivity index (χ4n) is 3.17. The number of nitrogens with one attached hydrogen (secondary N) is 1. The first-order valence-corrected chi connectivity index (χ1v) is 8.91. The number of aromatic nitrogens is 2. The van der Waals surface area contributed by atoms with Crippen LogP contribution < -0.4 is 15.1 Å². The van der Waals surface area contributed by atoms with Crippen molar-refractivity contribution in [3.8, 4) is 0 Å². The van der Waals surface area contributed by atoms with Crippen LogP contribution in [-0.4, -0.2) is 73.9 Å². The molecule has 2 aliphatic rings. The zero-order valence-corrected chi connectivity index (χ0v) is 15.6. The van der Waals surface area contributed by atoms with Crippen LogP contribution in [0.1, 0.15) is 25.1 Å². The molecule has 1 aromatic heterocycles. The van der Waals surface area contributed by atoms with Gasteiger partial charge in [-0.15, -0.1) is 0 Å². The van der Waals surface area contributed by atoms with E-state index in [0.717, 1.165) is 42.5 Å². The van der Waals surface area contributed by atoms with Crippen molar-refractivity contribution in [2.24, 2.45) is 0 Å². The summed E-state index contributed by atoms with van der Waals surface area (Å²) in [7, 11) is 3.97. The molecule has 0 saturated carbocycles. The zero-order valence-electron chi connectivity index (χ0n) is 15.6. The van der Waals surface area contributed by atoms with Gasteiger partial charge in [0.2, 0.25) is 5.95 Å². The number of morpholine rings is 1. The first-order valence-electron chi connectivity index (χ1n) is 8.91. The van der Waals surface area contributed by atoms with Gasteiger partial charge in [-0.2, -0.15) is 4.98 Å². The number of carbonyl (C=O) groups excluding carboxylic acids is 1. The second kappa shape index (κ2) is 7.43. The Balaban J connectivity index is 1.87. The van der Waals surface area contributed by atoms with E-state index >= 15 is 0 Å². The minimum atomic E-state index is -0.0254. The highest BCUT2D eigenvalue weighted by atomic mass is 16.5. The van der Waals surface area contributed by atoms with Gasteiger partial charge in [-0.25, -0.2) is 9.78 Å². The molecule has 8 nitrogen and oxygen atoms in total. The first-order chi connectivity index (χ1) is 12.0. The first kappa shape index (κ1) is 17.7. The Kier molecular flexibility index (Phi) is 5.27. The van der Waals surface area contributed by atoms with E-state index in [1.807, 2.05) is 37.7 Å². The van der Waals surface area contributed by atoms with Crippen LogP contribution in [0.5, 0.6) is 0 Å². The van der Waals surface area contributed by atoms with Crippen molar-refractivity contribution in [1.29, 1.82) is 0 Å². The van der Waals surface area contributed by atoms with Gasteiger partial charge in [-0.3, -0.25) is 0 Å². The molecule has 3 heterocycles. The van der Waals surface area contributed by atoms with Crippen LogP contribution in [0, 0.1) is 0 Å². The number of anilines is 2. The van der Waals surface area contributed by atoms with Crippen LogP contribution in [0.4, 0.5) is 16.6 Å². The number of hydrogen-bond donors (Lipinski definition) is 1. The molecule has 1 fully saturated rings. The van der Waals surface area contributed by atoms with E-state index in [4.69, 9.17) is 14.7 Å². The normalized spacial score (nSPS) is 17.5. The molecule has 3 rings (SSSR count). The van der Waals surface area contributed by atoms with Gasteiger partial charge in [0.25, 0.3) is 0 Å². The third-order valence-corrected chi connectivity index (χ3v) is 4.44. The molecule has 1 aromatic rings. The molecule has 2 amide bonds. The fourth-order valence-corrected chi connectivity index (χ4v) is 3.17. The molecule has 1 N–H and O–H groups in total. The summed E-state index contributed by atoms with van der Waals surface area (Å²) in [5, 5.41) is 2.97. The average molecular weight is 348 g/mol. The lowest BCUT2D eigenvalue weighted by molar-refractivity contribution is 0.122. The molecule has 0 atom stereocenters. The highest BCUT2D eigenvalue weighted by Crippen LogP contribution is 2.28. The fraction of sp³-hybridized carbons (Fsp3) is 0.706. The molecule has 0 aliphatic carbocycles. The van der Waals surface area contributed by atoms with E-state index in [2.05, 4.69) is 10.2 Å². The Morgan fingerprint density at radius 2 is 1.92 bits per heavy atom. The second-order valence-electron chi connectivity index (χ2n) is 7.04. The van der Waals surface area contributed by atoms with E-state index in [9.17, 15) is 4.79 Å². The van der Waals surface area contributed by atoms with Gasteiger partial charge in [0.05, 0.1) is 25.5 Å². The molecule has 0 aromatic carbocycles. The molecule has 0 bridgehead atoms. The maximum Gasteiger partial charge on any atom is 0.317 e. The van der Waals surface area contributed by atoms with Crippen LogP contribution in [-0.2, 0) is 17.7 Å². The summed E-state index contributed by atoms with van der Waals surface area (Å²) in [6.07, 6.45) is 0.752. The summed E-state index contributed by atoms with van der Waals surface area (Å²) < 4.78 is 5.42. The Hall–Kier alpha value is -2.09. The SMILES string of the molecule is CC(C)NC(=O)N1CCc2nc(N3CCOCC3)nc(N(C)C)c2C1. The lowest BCUT2D eigenvalue weighted by Gasteiger charge is -2.33. The Labute approximate surface area is 149 Å². The molecular weight excluding hydrogens is 320 g/mol. The zero-order chi connectivity index (χ0) is 18.0. The molecule has 2 aliphatic heterocycles. The van der Waals surface area contributed by atoms with E-state index in [1.54, 1.807) is 0 Å². The van der Waals surface area contributed by atoms with Crippen LogP contribution >= 0.6 is 0 Å². The van der Waals surface area contributed by atoms with E-state index in [1.165, 1.54) is 0 Å². The Bertz CT molecular complexity index is 628. The number of ether oxygens (including phenoxy) is 1. The van der Waals surface area contributed by atoms with Crippen molar-refractivity contribution in [3.05, 3.63) is 11.3 Å². The summed E-state index contributed by atoms with van der Waals surface area (Å²) in [5.41, 5.74) is 2.10. The topological polar surface area (TPSA) is 73.8 Å². The van der Waals surface area contributed by atoms with Crippen molar-refractivity contribution >= 4 is 17.8 Å². The van der Waals surface area contributed by atoms with Gasteiger partial charge in [0.1, 0.15) is 5.82 Å². The van der Waals surface area contributed by atoms with Crippen LogP contribution in [0.2, 0.25) is 0 Å². The number of carbonyl (C=O) groups is 1. The van der Waals surface area contributed by atoms with Gasteiger partial charge in [0, 0.05) is 51.8 Å². The monoisotopic (exact) mass is 348 g/mol. The molecule has 0 spiro atoms. The van der Waals surface area contributed by atoms with Gasteiger partial charge in [-0.05, 0) is 13.8 Å². The molecule has 138 valence electrons. The molecule has 0 unspecified atom stereocenters. The molecule has 0 radical (unpaired) electrons. The predicted molar refractivity (Wildman–Crippen MR) is 97.2 cm³/mol. The minimum absolute atomic E-state index is 0.0254. The van der Waals surface area contributed by atoms with Gasteiger partial charge < -0.3 is 24.8 Å². The van der Waals surface area contributed by atoms with Crippen molar-refractivity contribution in [2.45, 2.75) is 32.9 Å². The summed E-state index contributed by atoms with van der Waals surface area (Å²) >= 11 is 0. The lowest BCUT2D eigenvalue weighted by Crippen LogP contribution is -2.46. The Morgan fingerprint density at radius 1 is 1.20 bits per heavy atom. The molecule has 25 heavy (non-hydrogen) atoms. The maximum atomic E-state index is 12.4. The van der Waals surface area contributed by atoms with E-state index in [-0.39, 0.29) is 12.1 Å². The summed E-state index contributed by atoms with van der Waals surface area (Å²) in [5.74, 6) is 1.67. The highest BCUT2D eigenvalue weighted by molar-refractivity contribution is 5.75. The largest absolute Gasteiger partial charge is 0.378 e. The Morgan fingerprint density at radius 3 is 2.56 bits per heavy atom. The standard InChI is InChI=1S/C17H28N6O2/c1-12(2)18-17(24)23-6-5-14-13(11-23)15(21(3)4)20-16(19-14)22-7-9-25-10-8-22/h12H,5-11H2,1-4H3,(H,18,24). The van der Waals surface area contributed by atoms with Crippen LogP contribution in [0.15, 0.2) is 0 Å². The average Bonchev–Trinajstić information content (AvgIpc) is 2.60. The van der Waals surface area contributed by atoms with Crippen molar-refractivity contribution < 1.29 is 9.53 Å². The molecule has 1 saturated heterocycles. The third-order valence-electron chi connectivity index (χ3n) is 4.44. The summed E-state index contributed by atoms with van der Waals surface area (Å²) in [6, 6.07) is 0.102. The summed E-state index contributed by atoms with van der Waals surface area (Å²) in [4.78, 5) is 28.0. The number of amides is 2. The number of fused-ring (bicyclic) bond motifs is 1. The van der Waals surface area contributed by atoms with Gasteiger partial charge in [0.15, 0.2) is 0 Å².